The SMILES string of the molecule is CC1(CCCC(=O)O)C(/C=C/C=C2\C=C(c3ccccc3)Oc3cc4c(cc32)C(CS(=O)(=O)O)=CC(C)(C)N4CCCS(=O)(=O)O)=[N+](CCCS(=O)(=O)O)c2ccc(S(=O)(=O)O)cc21. The molecule has 3 aromatic carbocycles. The number of anilines is 1. The van der Waals surface area contributed by atoms with Crippen LogP contribution in [0.3, 0.4) is 0 Å². The number of rotatable bonds is 18. The molecule has 3 heterocycles. The molecular formula is C43H49N2O15S4+. The molecule has 6 rings (SSSR count). The van der Waals surface area contributed by atoms with Crippen molar-refractivity contribution in [1.82, 2.24) is 0 Å². The van der Waals surface area contributed by atoms with E-state index < -0.39 is 79.5 Å². The van der Waals surface area contributed by atoms with Gasteiger partial charge in [-0.15, -0.1) is 0 Å². The minimum atomic E-state index is -4.68. The number of aliphatic carboxylic acids is 1. The normalized spacial score (nSPS) is 19.2. The topological polar surface area (TPSA) is 270 Å². The van der Waals surface area contributed by atoms with Crippen LogP contribution in [0.5, 0.6) is 5.75 Å². The van der Waals surface area contributed by atoms with E-state index in [1.165, 1.54) is 18.2 Å². The van der Waals surface area contributed by atoms with Gasteiger partial charge in [0.15, 0.2) is 5.71 Å². The van der Waals surface area contributed by atoms with Crippen LogP contribution in [0.1, 0.15) is 75.1 Å². The lowest BCUT2D eigenvalue weighted by Gasteiger charge is -2.44. The van der Waals surface area contributed by atoms with Crippen molar-refractivity contribution in [3.63, 3.8) is 0 Å². The van der Waals surface area contributed by atoms with Crippen molar-refractivity contribution in [1.29, 1.82) is 0 Å². The van der Waals surface area contributed by atoms with E-state index in [2.05, 4.69) is 0 Å². The molecule has 0 saturated heterocycles. The molecule has 0 aromatic heterocycles. The summed E-state index contributed by atoms with van der Waals surface area (Å²) in [5.74, 6) is -2.14. The summed E-state index contributed by atoms with van der Waals surface area (Å²) in [4.78, 5) is 13.1. The standard InChI is InChI=1S/C43H48N2O15S4/c1-42(2)27-31(28-63(54,55)56)33-25-34-30(23-38(29-11-5-4-6-12-29)60-39(34)26-37(33)45(42)20-10-22-62(51,52)53)13-7-14-40-43(3,18-8-15-41(46)47)35-24-32(64(57,58)59)16-17-36(35)44(40)19-9-21-61(48,49)50/h4-7,11-14,16-17,23-27H,8-10,15,18-22,28H2,1-3H3,(H4-,46,47,48,49,50,51,52,53,54,55,56,57,58,59)/p+1. The molecule has 0 amide bonds. The number of hydrogen-bond donors (Lipinski definition) is 5. The third kappa shape index (κ3) is 11.4. The van der Waals surface area contributed by atoms with Crippen molar-refractivity contribution in [2.75, 3.05) is 35.2 Å². The van der Waals surface area contributed by atoms with E-state index >= 15 is 0 Å². The van der Waals surface area contributed by atoms with E-state index in [1.54, 1.807) is 67.9 Å². The summed E-state index contributed by atoms with van der Waals surface area (Å²) < 4.78 is 144. The predicted molar refractivity (Wildman–Crippen MR) is 241 cm³/mol. The van der Waals surface area contributed by atoms with Crippen molar-refractivity contribution in [3.8, 4) is 5.75 Å². The average Bonchev–Trinajstić information content (AvgIpc) is 3.39. The fraction of sp³-hybridized carbons (Fsp3) is 0.349. The number of carbonyl (C=O) groups is 1. The van der Waals surface area contributed by atoms with Gasteiger partial charge in [0, 0.05) is 65.5 Å². The third-order valence-electron chi connectivity index (χ3n) is 11.3. The van der Waals surface area contributed by atoms with Gasteiger partial charge in [-0.3, -0.25) is 23.0 Å². The molecule has 64 heavy (non-hydrogen) atoms. The minimum Gasteiger partial charge on any atom is -0.481 e. The van der Waals surface area contributed by atoms with Gasteiger partial charge in [0.05, 0.1) is 27.4 Å². The fourth-order valence-electron chi connectivity index (χ4n) is 8.57. The molecule has 0 saturated carbocycles. The maximum absolute atomic E-state index is 12.4. The highest BCUT2D eigenvalue weighted by atomic mass is 32.2. The minimum absolute atomic E-state index is 0.0219. The summed E-state index contributed by atoms with van der Waals surface area (Å²) in [6.07, 6.45) is 8.69. The van der Waals surface area contributed by atoms with Crippen LogP contribution < -0.4 is 9.64 Å². The van der Waals surface area contributed by atoms with Crippen molar-refractivity contribution in [3.05, 3.63) is 113 Å². The number of carboxylic acids is 1. The van der Waals surface area contributed by atoms with Gasteiger partial charge in [-0.05, 0) is 75.5 Å². The molecule has 17 nitrogen and oxygen atoms in total. The largest absolute Gasteiger partial charge is 0.481 e. The van der Waals surface area contributed by atoms with Crippen molar-refractivity contribution < 1.29 is 71.1 Å². The van der Waals surface area contributed by atoms with Gasteiger partial charge in [0.25, 0.3) is 40.5 Å². The van der Waals surface area contributed by atoms with Gasteiger partial charge < -0.3 is 14.7 Å². The Morgan fingerprint density at radius 1 is 0.812 bits per heavy atom. The lowest BCUT2D eigenvalue weighted by molar-refractivity contribution is -0.437. The van der Waals surface area contributed by atoms with Gasteiger partial charge >= 0.3 is 5.97 Å². The van der Waals surface area contributed by atoms with Gasteiger partial charge in [0.2, 0.25) is 5.69 Å². The van der Waals surface area contributed by atoms with Gasteiger partial charge in [-0.25, -0.2) is 0 Å². The van der Waals surface area contributed by atoms with E-state index in [-0.39, 0.29) is 50.8 Å². The molecule has 0 aliphatic carbocycles. The Balaban J connectivity index is 1.54. The van der Waals surface area contributed by atoms with Crippen LogP contribution in [0.4, 0.5) is 11.4 Å². The van der Waals surface area contributed by atoms with Gasteiger partial charge in [-0.2, -0.15) is 38.2 Å². The highest BCUT2D eigenvalue weighted by Crippen LogP contribution is 2.48. The first-order chi connectivity index (χ1) is 29.7. The van der Waals surface area contributed by atoms with E-state index in [0.29, 0.717) is 56.4 Å². The summed E-state index contributed by atoms with van der Waals surface area (Å²) in [7, 11) is -17.9. The zero-order valence-corrected chi connectivity index (χ0v) is 38.3. The molecule has 3 aromatic rings. The van der Waals surface area contributed by atoms with Crippen molar-refractivity contribution >= 4 is 80.4 Å². The third-order valence-corrected chi connectivity index (χ3v) is 14.5. The first-order valence-electron chi connectivity index (χ1n) is 20.0. The predicted octanol–water partition coefficient (Wildman–Crippen LogP) is 6.04. The first kappa shape index (κ1) is 48.5. The molecule has 0 bridgehead atoms. The van der Waals surface area contributed by atoms with Crippen LogP contribution in [0.2, 0.25) is 0 Å². The molecular weight excluding hydrogens is 913 g/mol. The zero-order chi connectivity index (χ0) is 47.0. The van der Waals surface area contributed by atoms with Crippen LogP contribution in [0, 0.1) is 0 Å². The highest BCUT2D eigenvalue weighted by molar-refractivity contribution is 7.86. The Bertz CT molecular complexity index is 2990. The maximum atomic E-state index is 12.4. The Kier molecular flexibility index (Phi) is 13.7. The van der Waals surface area contributed by atoms with E-state index in [1.807, 2.05) is 35.2 Å². The fourth-order valence-corrected chi connectivity index (χ4v) is 10.7. The zero-order valence-electron chi connectivity index (χ0n) is 35.1. The lowest BCUT2D eigenvalue weighted by Crippen LogP contribution is -2.46. The molecule has 1 unspecified atom stereocenters. The summed E-state index contributed by atoms with van der Waals surface area (Å²) in [6.45, 7) is 5.53. The monoisotopic (exact) mass is 961 g/mol. The lowest BCUT2D eigenvalue weighted by atomic mass is 9.75. The molecule has 0 spiro atoms. The van der Waals surface area contributed by atoms with E-state index in [0.717, 1.165) is 0 Å². The second-order valence-electron chi connectivity index (χ2n) is 16.6. The number of ether oxygens (including phenoxy) is 1. The molecule has 21 heteroatoms. The molecule has 1 atom stereocenters. The second-order valence-corrected chi connectivity index (χ2v) is 22.6. The average molecular weight is 962 g/mol. The van der Waals surface area contributed by atoms with Gasteiger partial charge in [-0.1, -0.05) is 48.6 Å². The van der Waals surface area contributed by atoms with Crippen LogP contribution in [-0.4, -0.2) is 109 Å². The number of fused-ring (bicyclic) bond motifs is 3. The molecule has 3 aliphatic heterocycles. The number of nitrogens with zero attached hydrogens (tertiary/aromatic N) is 2. The molecule has 0 fully saturated rings. The number of allylic oxidation sites excluding steroid dienone is 5. The van der Waals surface area contributed by atoms with Crippen LogP contribution in [0.15, 0.2) is 95.9 Å². The highest BCUT2D eigenvalue weighted by Gasteiger charge is 2.48. The molecule has 344 valence electrons. The maximum Gasteiger partial charge on any atom is 0.303 e. The van der Waals surface area contributed by atoms with Gasteiger partial charge in [0.1, 0.15) is 23.8 Å². The Labute approximate surface area is 372 Å². The number of hydrogen-bond acceptors (Lipinski definition) is 11. The molecule has 5 N–H and O–H groups in total. The Morgan fingerprint density at radius 3 is 2.11 bits per heavy atom. The quantitative estimate of drug-likeness (QED) is 0.0718. The second kappa shape index (κ2) is 18.1. The molecule has 3 aliphatic rings. The Morgan fingerprint density at radius 2 is 1.48 bits per heavy atom. The van der Waals surface area contributed by atoms with Crippen molar-refractivity contribution in [2.45, 2.75) is 68.7 Å². The first-order valence-corrected chi connectivity index (χ1v) is 26.3. The van der Waals surface area contributed by atoms with Crippen molar-refractivity contribution in [2.24, 2.45) is 0 Å². The summed E-state index contributed by atoms with van der Waals surface area (Å²) in [6, 6.07) is 16.5. The summed E-state index contributed by atoms with van der Waals surface area (Å²) >= 11 is 0. The Hall–Kier alpha value is -5.00. The van der Waals surface area contributed by atoms with Crippen LogP contribution >= 0.6 is 0 Å². The van der Waals surface area contributed by atoms with Crippen LogP contribution in [-0.2, 0) is 50.7 Å². The summed E-state index contributed by atoms with van der Waals surface area (Å²) in [5, 5.41) is 9.52. The van der Waals surface area contributed by atoms with E-state index in [4.69, 9.17) is 4.74 Å². The van der Waals surface area contributed by atoms with E-state index in [9.17, 15) is 61.8 Å². The van der Waals surface area contributed by atoms with Crippen LogP contribution in [0.25, 0.3) is 16.9 Å². The smallest absolute Gasteiger partial charge is 0.303 e. The number of carboxylic acid groups (broad SMARTS) is 1. The summed E-state index contributed by atoms with van der Waals surface area (Å²) in [5.41, 5.74) is 2.35. The number of benzene rings is 3. The molecule has 0 radical (unpaired) electrons.